The highest BCUT2D eigenvalue weighted by Gasteiger charge is 2.10. The van der Waals surface area contributed by atoms with Crippen molar-refractivity contribution >= 4 is 31.6 Å². The maximum absolute atomic E-state index is 13.6. The zero-order valence-corrected chi connectivity index (χ0v) is 13.6. The summed E-state index contributed by atoms with van der Waals surface area (Å²) >= 11 is 3.29. The molecule has 0 unspecified atom stereocenters. The number of rotatable bonds is 5. The second kappa shape index (κ2) is 6.55. The predicted octanol–water partition coefficient (Wildman–Crippen LogP) is 3.11. The maximum Gasteiger partial charge on any atom is 0.240 e. The number of benzene rings is 2. The van der Waals surface area contributed by atoms with Crippen LogP contribution in [-0.4, -0.2) is 15.5 Å². The van der Waals surface area contributed by atoms with Gasteiger partial charge >= 0.3 is 0 Å². The van der Waals surface area contributed by atoms with Gasteiger partial charge < -0.3 is 5.32 Å². The van der Waals surface area contributed by atoms with E-state index in [0.29, 0.717) is 17.8 Å². The summed E-state index contributed by atoms with van der Waals surface area (Å²) in [7, 11) is -2.08. The number of anilines is 1. The Labute approximate surface area is 131 Å². The van der Waals surface area contributed by atoms with Gasteiger partial charge in [0.25, 0.3) is 0 Å². The van der Waals surface area contributed by atoms with Crippen molar-refractivity contribution in [2.24, 2.45) is 0 Å². The lowest BCUT2D eigenvalue weighted by atomic mass is 10.2. The molecule has 0 atom stereocenters. The molecule has 2 N–H and O–H groups in total. The largest absolute Gasteiger partial charge is 0.381 e. The summed E-state index contributed by atoms with van der Waals surface area (Å²) in [5.74, 6) is -0.292. The quantitative estimate of drug-likeness (QED) is 0.847. The summed E-state index contributed by atoms with van der Waals surface area (Å²) < 4.78 is 39.8. The van der Waals surface area contributed by atoms with Crippen LogP contribution in [0.1, 0.15) is 5.56 Å². The van der Waals surface area contributed by atoms with E-state index < -0.39 is 10.0 Å². The molecule has 0 aromatic heterocycles. The standard InChI is InChI=1S/C14H14BrFN2O2S/c1-17-21(19,20)13-5-3-12(4-6-13)18-9-10-8-11(15)2-7-14(10)16/h2-8,17-18H,9H2,1H3. The van der Waals surface area contributed by atoms with Crippen LogP contribution in [0, 0.1) is 5.82 Å². The Morgan fingerprint density at radius 3 is 2.43 bits per heavy atom. The topological polar surface area (TPSA) is 58.2 Å². The zero-order valence-electron chi connectivity index (χ0n) is 11.2. The van der Waals surface area contributed by atoms with E-state index in [1.165, 1.54) is 25.2 Å². The zero-order chi connectivity index (χ0) is 15.5. The molecule has 2 rings (SSSR count). The number of hydrogen-bond donors (Lipinski definition) is 2. The van der Waals surface area contributed by atoms with Gasteiger partial charge in [0.05, 0.1) is 4.90 Å². The summed E-state index contributed by atoms with van der Waals surface area (Å²) in [6.07, 6.45) is 0. The summed E-state index contributed by atoms with van der Waals surface area (Å²) in [5.41, 5.74) is 1.24. The first kappa shape index (κ1) is 15.9. The van der Waals surface area contributed by atoms with Crippen LogP contribution in [0.3, 0.4) is 0 Å². The third-order valence-electron chi connectivity index (χ3n) is 2.92. The van der Waals surface area contributed by atoms with Crippen LogP contribution in [0.15, 0.2) is 51.8 Å². The van der Waals surface area contributed by atoms with Crippen molar-refractivity contribution in [1.29, 1.82) is 0 Å². The van der Waals surface area contributed by atoms with Crippen LogP contribution in [0.2, 0.25) is 0 Å². The number of halogens is 2. The van der Waals surface area contributed by atoms with E-state index >= 15 is 0 Å². The normalized spacial score (nSPS) is 11.4. The highest BCUT2D eigenvalue weighted by Crippen LogP contribution is 2.18. The molecule has 0 heterocycles. The molecule has 0 saturated heterocycles. The van der Waals surface area contributed by atoms with Gasteiger partial charge in [-0.15, -0.1) is 0 Å². The minimum absolute atomic E-state index is 0.184. The highest BCUT2D eigenvalue weighted by molar-refractivity contribution is 9.10. The molecule has 7 heteroatoms. The van der Waals surface area contributed by atoms with E-state index in [2.05, 4.69) is 26.0 Å². The Morgan fingerprint density at radius 2 is 1.81 bits per heavy atom. The summed E-state index contributed by atoms with van der Waals surface area (Å²) in [5, 5.41) is 3.05. The molecule has 0 spiro atoms. The average molecular weight is 373 g/mol. The molecule has 0 aliphatic heterocycles. The van der Waals surface area contributed by atoms with Crippen molar-refractivity contribution in [3.8, 4) is 0 Å². The first-order valence-corrected chi connectivity index (χ1v) is 8.41. The predicted molar refractivity (Wildman–Crippen MR) is 84.1 cm³/mol. The fourth-order valence-electron chi connectivity index (χ4n) is 1.75. The van der Waals surface area contributed by atoms with Gasteiger partial charge in [0, 0.05) is 22.3 Å². The van der Waals surface area contributed by atoms with Crippen LogP contribution in [0.5, 0.6) is 0 Å². The molecule has 2 aromatic rings. The van der Waals surface area contributed by atoms with E-state index in [9.17, 15) is 12.8 Å². The van der Waals surface area contributed by atoms with Crippen molar-refractivity contribution in [2.45, 2.75) is 11.4 Å². The molecule has 0 aliphatic carbocycles. The van der Waals surface area contributed by atoms with Gasteiger partial charge in [0.15, 0.2) is 0 Å². The van der Waals surface area contributed by atoms with E-state index in [1.807, 2.05) is 0 Å². The Bertz CT molecular complexity index is 733. The molecule has 0 aliphatic rings. The minimum Gasteiger partial charge on any atom is -0.381 e. The molecule has 2 aromatic carbocycles. The maximum atomic E-state index is 13.6. The van der Waals surface area contributed by atoms with Gasteiger partial charge in [-0.05, 0) is 49.5 Å². The molecule has 0 radical (unpaired) electrons. The fourth-order valence-corrected chi connectivity index (χ4v) is 2.88. The molecule has 0 bridgehead atoms. The molecular formula is C14H14BrFN2O2S. The summed E-state index contributed by atoms with van der Waals surface area (Å²) in [6.45, 7) is 0.309. The lowest BCUT2D eigenvalue weighted by Crippen LogP contribution is -2.18. The molecule has 0 fully saturated rings. The Balaban J connectivity index is 2.09. The highest BCUT2D eigenvalue weighted by atomic mass is 79.9. The van der Waals surface area contributed by atoms with Crippen LogP contribution >= 0.6 is 15.9 Å². The van der Waals surface area contributed by atoms with Crippen molar-refractivity contribution in [1.82, 2.24) is 4.72 Å². The van der Waals surface area contributed by atoms with E-state index in [0.717, 1.165) is 4.47 Å². The first-order valence-electron chi connectivity index (χ1n) is 6.14. The molecule has 0 saturated carbocycles. The van der Waals surface area contributed by atoms with Gasteiger partial charge in [-0.25, -0.2) is 17.5 Å². The number of nitrogens with one attached hydrogen (secondary N) is 2. The van der Waals surface area contributed by atoms with Crippen molar-refractivity contribution < 1.29 is 12.8 Å². The van der Waals surface area contributed by atoms with Gasteiger partial charge in [0.1, 0.15) is 5.82 Å². The minimum atomic E-state index is -3.44. The smallest absolute Gasteiger partial charge is 0.240 e. The van der Waals surface area contributed by atoms with Crippen molar-refractivity contribution in [2.75, 3.05) is 12.4 Å². The Morgan fingerprint density at radius 1 is 1.14 bits per heavy atom. The van der Waals surface area contributed by atoms with Crippen LogP contribution < -0.4 is 10.0 Å². The van der Waals surface area contributed by atoms with Gasteiger partial charge in [0.2, 0.25) is 10.0 Å². The fraction of sp³-hybridized carbons (Fsp3) is 0.143. The molecular weight excluding hydrogens is 359 g/mol. The van der Waals surface area contributed by atoms with Crippen LogP contribution in [0.4, 0.5) is 10.1 Å². The summed E-state index contributed by atoms with van der Waals surface area (Å²) in [4.78, 5) is 0.184. The first-order chi connectivity index (χ1) is 9.92. The van der Waals surface area contributed by atoms with Crippen molar-refractivity contribution in [3.05, 3.63) is 58.3 Å². The number of sulfonamides is 1. The van der Waals surface area contributed by atoms with Gasteiger partial charge in [-0.3, -0.25) is 0 Å². The molecule has 0 amide bonds. The second-order valence-corrected chi connectivity index (χ2v) is 7.12. The third-order valence-corrected chi connectivity index (χ3v) is 4.85. The SMILES string of the molecule is CNS(=O)(=O)c1ccc(NCc2cc(Br)ccc2F)cc1. The van der Waals surface area contributed by atoms with E-state index in [1.54, 1.807) is 24.3 Å². The van der Waals surface area contributed by atoms with Crippen molar-refractivity contribution in [3.63, 3.8) is 0 Å². The van der Waals surface area contributed by atoms with Gasteiger partial charge in [-0.1, -0.05) is 15.9 Å². The lowest BCUT2D eigenvalue weighted by molar-refractivity contribution is 0.588. The van der Waals surface area contributed by atoms with E-state index in [4.69, 9.17) is 0 Å². The Kier molecular flexibility index (Phi) is 4.97. The molecule has 21 heavy (non-hydrogen) atoms. The average Bonchev–Trinajstić information content (AvgIpc) is 2.48. The molecule has 4 nitrogen and oxygen atoms in total. The molecule has 112 valence electrons. The lowest BCUT2D eigenvalue weighted by Gasteiger charge is -2.09. The van der Waals surface area contributed by atoms with Gasteiger partial charge in [-0.2, -0.15) is 0 Å². The summed E-state index contributed by atoms with van der Waals surface area (Å²) in [6, 6.07) is 11.0. The monoisotopic (exact) mass is 372 g/mol. The second-order valence-electron chi connectivity index (χ2n) is 4.32. The van der Waals surface area contributed by atoms with Crippen LogP contribution in [0.25, 0.3) is 0 Å². The Hall–Kier alpha value is -1.44. The van der Waals surface area contributed by atoms with E-state index in [-0.39, 0.29) is 10.7 Å². The van der Waals surface area contributed by atoms with Crippen LogP contribution in [-0.2, 0) is 16.6 Å². The number of hydrogen-bond acceptors (Lipinski definition) is 3. The third kappa shape index (κ3) is 4.03.